The molecule has 0 aliphatic rings. The van der Waals surface area contributed by atoms with Crippen molar-refractivity contribution in [3.8, 4) is 11.3 Å². The molecule has 0 aliphatic heterocycles. The minimum absolute atomic E-state index is 0.236. The molecular formula is C28H26N2O3. The highest BCUT2D eigenvalue weighted by Gasteiger charge is 2.15. The van der Waals surface area contributed by atoms with Crippen LogP contribution in [0.4, 0.5) is 5.69 Å². The Morgan fingerprint density at radius 1 is 0.909 bits per heavy atom. The van der Waals surface area contributed by atoms with E-state index < -0.39 is 0 Å². The molecular weight excluding hydrogens is 412 g/mol. The van der Waals surface area contributed by atoms with E-state index in [-0.39, 0.29) is 11.9 Å². The molecule has 0 fully saturated rings. The van der Waals surface area contributed by atoms with Crippen molar-refractivity contribution >= 4 is 28.5 Å². The van der Waals surface area contributed by atoms with Crippen LogP contribution < -0.4 is 5.32 Å². The molecule has 0 saturated carbocycles. The average Bonchev–Trinajstić information content (AvgIpc) is 2.84. The van der Waals surface area contributed by atoms with Crippen molar-refractivity contribution in [1.82, 2.24) is 4.98 Å². The summed E-state index contributed by atoms with van der Waals surface area (Å²) in [6.45, 7) is 6.46. The van der Waals surface area contributed by atoms with Gasteiger partial charge in [0.05, 0.1) is 28.9 Å². The molecule has 0 radical (unpaired) electrons. The summed E-state index contributed by atoms with van der Waals surface area (Å²) in [6, 6.07) is 22.3. The number of nitrogens with one attached hydrogen (secondary N) is 1. The maximum Gasteiger partial charge on any atom is 0.338 e. The van der Waals surface area contributed by atoms with Crippen molar-refractivity contribution in [2.75, 3.05) is 11.9 Å². The molecule has 5 heteroatoms. The fraction of sp³-hybridized carbons (Fsp3) is 0.179. The Labute approximate surface area is 193 Å². The van der Waals surface area contributed by atoms with Gasteiger partial charge in [0.1, 0.15) is 0 Å². The Morgan fingerprint density at radius 3 is 2.39 bits per heavy atom. The van der Waals surface area contributed by atoms with E-state index in [2.05, 4.69) is 31.3 Å². The van der Waals surface area contributed by atoms with Crippen LogP contribution in [-0.2, 0) is 4.74 Å². The van der Waals surface area contributed by atoms with E-state index in [0.717, 1.165) is 28.6 Å². The van der Waals surface area contributed by atoms with E-state index in [1.807, 2.05) is 43.3 Å². The summed E-state index contributed by atoms with van der Waals surface area (Å²) in [7, 11) is 0. The van der Waals surface area contributed by atoms with E-state index in [9.17, 15) is 9.59 Å². The highest BCUT2D eigenvalue weighted by Crippen LogP contribution is 2.27. The number of ether oxygens (including phenoxy) is 1. The number of aryl methyl sites for hydroxylation is 2. The quantitative estimate of drug-likeness (QED) is 0.357. The van der Waals surface area contributed by atoms with E-state index in [1.165, 1.54) is 11.1 Å². The second kappa shape index (κ2) is 9.65. The van der Waals surface area contributed by atoms with Crippen LogP contribution in [0.15, 0.2) is 72.8 Å². The molecule has 0 aliphatic carbocycles. The zero-order valence-corrected chi connectivity index (χ0v) is 19.0. The number of carbonyl (C=O) groups is 2. The summed E-state index contributed by atoms with van der Waals surface area (Å²) in [5.74, 6) is -0.604. The van der Waals surface area contributed by atoms with E-state index in [4.69, 9.17) is 9.72 Å². The van der Waals surface area contributed by atoms with Crippen LogP contribution in [0.25, 0.3) is 22.2 Å². The van der Waals surface area contributed by atoms with Gasteiger partial charge in [-0.25, -0.2) is 9.78 Å². The minimum atomic E-state index is -0.368. The second-order valence-electron chi connectivity index (χ2n) is 8.04. The Balaban J connectivity index is 1.65. The number of para-hydroxylation sites is 1. The first kappa shape index (κ1) is 22.2. The van der Waals surface area contributed by atoms with Gasteiger partial charge < -0.3 is 10.1 Å². The fourth-order valence-corrected chi connectivity index (χ4v) is 3.58. The molecule has 4 aromatic rings. The summed E-state index contributed by atoms with van der Waals surface area (Å²) >= 11 is 0. The number of hydrogen-bond acceptors (Lipinski definition) is 4. The van der Waals surface area contributed by atoms with Crippen LogP contribution in [0.3, 0.4) is 0 Å². The highest BCUT2D eigenvalue weighted by molar-refractivity contribution is 6.13. The van der Waals surface area contributed by atoms with Gasteiger partial charge in [-0.3, -0.25) is 4.79 Å². The van der Waals surface area contributed by atoms with Crippen molar-refractivity contribution in [1.29, 1.82) is 0 Å². The van der Waals surface area contributed by atoms with Gasteiger partial charge in [0, 0.05) is 16.6 Å². The summed E-state index contributed by atoms with van der Waals surface area (Å²) in [4.78, 5) is 30.1. The summed E-state index contributed by atoms with van der Waals surface area (Å²) in [6.07, 6.45) is 0.768. The second-order valence-corrected chi connectivity index (χ2v) is 8.04. The molecule has 1 N–H and O–H groups in total. The monoisotopic (exact) mass is 438 g/mol. The molecule has 0 saturated heterocycles. The number of nitrogens with zero attached hydrogens (tertiary/aromatic N) is 1. The number of aromatic nitrogens is 1. The number of pyridine rings is 1. The molecule has 0 unspecified atom stereocenters. The van der Waals surface area contributed by atoms with Crippen molar-refractivity contribution in [2.24, 2.45) is 0 Å². The molecule has 0 spiro atoms. The van der Waals surface area contributed by atoms with Crippen molar-refractivity contribution in [3.63, 3.8) is 0 Å². The molecule has 1 heterocycles. The molecule has 1 aromatic heterocycles. The maximum atomic E-state index is 13.3. The van der Waals surface area contributed by atoms with Gasteiger partial charge in [0.2, 0.25) is 0 Å². The zero-order chi connectivity index (χ0) is 23.4. The van der Waals surface area contributed by atoms with Crippen LogP contribution in [-0.4, -0.2) is 23.5 Å². The largest absolute Gasteiger partial charge is 0.462 e. The number of amides is 1. The first-order chi connectivity index (χ1) is 16.0. The number of anilines is 1. The minimum Gasteiger partial charge on any atom is -0.462 e. The molecule has 0 bridgehead atoms. The van der Waals surface area contributed by atoms with E-state index in [1.54, 1.807) is 24.3 Å². The predicted molar refractivity (Wildman–Crippen MR) is 132 cm³/mol. The number of esters is 1. The highest BCUT2D eigenvalue weighted by atomic mass is 16.5. The van der Waals surface area contributed by atoms with Gasteiger partial charge in [-0.1, -0.05) is 37.3 Å². The maximum absolute atomic E-state index is 13.3. The summed E-state index contributed by atoms with van der Waals surface area (Å²) in [5, 5.41) is 3.72. The molecule has 0 atom stereocenters. The third kappa shape index (κ3) is 4.93. The van der Waals surface area contributed by atoms with Crippen LogP contribution >= 0.6 is 0 Å². The zero-order valence-electron chi connectivity index (χ0n) is 19.0. The van der Waals surface area contributed by atoms with Gasteiger partial charge in [-0.15, -0.1) is 0 Å². The first-order valence-electron chi connectivity index (χ1n) is 11.0. The third-order valence-corrected chi connectivity index (χ3v) is 5.58. The Bertz CT molecular complexity index is 1330. The predicted octanol–water partition coefficient (Wildman–Crippen LogP) is 6.34. The van der Waals surface area contributed by atoms with Crippen LogP contribution in [0.2, 0.25) is 0 Å². The summed E-state index contributed by atoms with van der Waals surface area (Å²) < 4.78 is 5.15. The van der Waals surface area contributed by atoms with E-state index >= 15 is 0 Å². The SMILES string of the molecule is CCCOC(=O)c1ccc(NC(=O)c2cc(-c3ccc(C)c(C)c3)nc3ccccc23)cc1. The van der Waals surface area contributed by atoms with Gasteiger partial charge in [0.25, 0.3) is 5.91 Å². The lowest BCUT2D eigenvalue weighted by Crippen LogP contribution is -2.13. The Hall–Kier alpha value is -3.99. The Morgan fingerprint density at radius 2 is 1.67 bits per heavy atom. The van der Waals surface area contributed by atoms with Gasteiger partial charge in [-0.2, -0.15) is 0 Å². The standard InChI is InChI=1S/C28H26N2O3/c1-4-15-33-28(32)20-11-13-22(14-12-20)29-27(31)24-17-26(21-10-9-18(2)19(3)16-21)30-25-8-6-5-7-23(24)25/h5-14,16-17H,4,15H2,1-3H3,(H,29,31). The fourth-order valence-electron chi connectivity index (χ4n) is 3.58. The first-order valence-corrected chi connectivity index (χ1v) is 11.0. The lowest BCUT2D eigenvalue weighted by Gasteiger charge is -2.12. The van der Waals surface area contributed by atoms with Gasteiger partial charge >= 0.3 is 5.97 Å². The number of fused-ring (bicyclic) bond motifs is 1. The number of benzene rings is 3. The number of hydrogen-bond donors (Lipinski definition) is 1. The van der Waals surface area contributed by atoms with Crippen LogP contribution in [0, 0.1) is 13.8 Å². The molecule has 1 amide bonds. The lowest BCUT2D eigenvalue weighted by atomic mass is 10.0. The topological polar surface area (TPSA) is 68.3 Å². The molecule has 166 valence electrons. The van der Waals surface area contributed by atoms with Gasteiger partial charge in [-0.05, 0) is 73.9 Å². The lowest BCUT2D eigenvalue weighted by molar-refractivity contribution is 0.0505. The van der Waals surface area contributed by atoms with Gasteiger partial charge in [0.15, 0.2) is 0 Å². The normalized spacial score (nSPS) is 10.8. The third-order valence-electron chi connectivity index (χ3n) is 5.58. The van der Waals surface area contributed by atoms with Crippen LogP contribution in [0.5, 0.6) is 0 Å². The van der Waals surface area contributed by atoms with Crippen molar-refractivity contribution in [2.45, 2.75) is 27.2 Å². The Kier molecular flexibility index (Phi) is 6.50. The summed E-state index contributed by atoms with van der Waals surface area (Å²) in [5.41, 5.74) is 6.44. The smallest absolute Gasteiger partial charge is 0.338 e. The van der Waals surface area contributed by atoms with Crippen molar-refractivity contribution < 1.29 is 14.3 Å². The number of rotatable bonds is 6. The molecule has 33 heavy (non-hydrogen) atoms. The molecule has 4 rings (SSSR count). The van der Waals surface area contributed by atoms with Crippen LogP contribution in [0.1, 0.15) is 45.2 Å². The average molecular weight is 439 g/mol. The van der Waals surface area contributed by atoms with Crippen molar-refractivity contribution in [3.05, 3.63) is 95.1 Å². The molecule has 3 aromatic carbocycles. The molecule has 5 nitrogen and oxygen atoms in total. The number of carbonyl (C=O) groups excluding carboxylic acids is 2. The van der Waals surface area contributed by atoms with E-state index in [0.29, 0.717) is 23.4 Å².